The van der Waals surface area contributed by atoms with Crippen molar-refractivity contribution >= 4 is 17.6 Å². The van der Waals surface area contributed by atoms with Gasteiger partial charge in [0.25, 0.3) is 0 Å². The van der Waals surface area contributed by atoms with E-state index in [1.54, 1.807) is 18.2 Å². The van der Waals surface area contributed by atoms with E-state index in [2.05, 4.69) is 30.6 Å². The summed E-state index contributed by atoms with van der Waals surface area (Å²) in [5, 5.41) is 15.8. The van der Waals surface area contributed by atoms with Crippen LogP contribution in [0, 0.1) is 0 Å². The van der Waals surface area contributed by atoms with Crippen LogP contribution in [0.3, 0.4) is 0 Å². The molecule has 0 aliphatic heterocycles. The fourth-order valence-electron chi connectivity index (χ4n) is 2.33. The van der Waals surface area contributed by atoms with Crippen molar-refractivity contribution in [3.8, 4) is 17.1 Å². The van der Waals surface area contributed by atoms with Crippen LogP contribution in [-0.4, -0.2) is 31.1 Å². The van der Waals surface area contributed by atoms with Gasteiger partial charge in [0.2, 0.25) is 11.9 Å². The maximum absolute atomic E-state index is 12.9. The molecular formula is C18H17F3N6O. The monoisotopic (exact) mass is 390 g/mol. The Morgan fingerprint density at radius 3 is 2.39 bits per heavy atom. The van der Waals surface area contributed by atoms with Crippen molar-refractivity contribution in [3.63, 3.8) is 0 Å². The first kappa shape index (κ1) is 19.3. The predicted molar refractivity (Wildman–Crippen MR) is 98.2 cm³/mol. The van der Waals surface area contributed by atoms with Gasteiger partial charge in [-0.2, -0.15) is 28.1 Å². The maximum atomic E-state index is 12.9. The van der Waals surface area contributed by atoms with Crippen molar-refractivity contribution < 1.29 is 18.3 Å². The SMILES string of the molecule is CC(C)Nc1nc(Nc2ccnc(C(F)(F)F)c2)nc(-c2ccccc2O)n1. The summed E-state index contributed by atoms with van der Waals surface area (Å²) in [6.45, 7) is 3.77. The van der Waals surface area contributed by atoms with E-state index in [-0.39, 0.29) is 35.2 Å². The number of aromatic hydroxyl groups is 1. The highest BCUT2D eigenvalue weighted by molar-refractivity contribution is 5.66. The molecule has 28 heavy (non-hydrogen) atoms. The van der Waals surface area contributed by atoms with E-state index in [1.807, 2.05) is 13.8 Å². The highest BCUT2D eigenvalue weighted by atomic mass is 19.4. The zero-order valence-corrected chi connectivity index (χ0v) is 15.0. The van der Waals surface area contributed by atoms with Gasteiger partial charge in [0.15, 0.2) is 5.82 Å². The smallest absolute Gasteiger partial charge is 0.433 e. The van der Waals surface area contributed by atoms with E-state index in [0.29, 0.717) is 5.56 Å². The van der Waals surface area contributed by atoms with Crippen LogP contribution < -0.4 is 10.6 Å². The normalized spacial score (nSPS) is 11.5. The Morgan fingerprint density at radius 1 is 1.00 bits per heavy atom. The van der Waals surface area contributed by atoms with Gasteiger partial charge in [-0.3, -0.25) is 4.98 Å². The number of phenolic OH excluding ortho intramolecular Hbond substituents is 1. The standard InChI is InChI=1S/C18H17F3N6O/c1-10(2)23-16-25-15(12-5-3-4-6-13(12)28)26-17(27-16)24-11-7-8-22-14(9-11)18(19,20)21/h3-10,28H,1-2H3,(H2,22,23,24,25,26,27). The van der Waals surface area contributed by atoms with Crippen molar-refractivity contribution in [3.05, 3.63) is 48.3 Å². The summed E-state index contributed by atoms with van der Waals surface area (Å²) in [6.07, 6.45) is -3.52. The zero-order valence-electron chi connectivity index (χ0n) is 15.0. The number of nitrogens with one attached hydrogen (secondary N) is 2. The first-order valence-electron chi connectivity index (χ1n) is 8.33. The molecule has 2 heterocycles. The second-order valence-electron chi connectivity index (χ2n) is 6.17. The average molecular weight is 390 g/mol. The molecule has 0 saturated carbocycles. The number of pyridine rings is 1. The highest BCUT2D eigenvalue weighted by Gasteiger charge is 2.32. The molecule has 3 N–H and O–H groups in total. The van der Waals surface area contributed by atoms with Crippen LogP contribution in [-0.2, 0) is 6.18 Å². The van der Waals surface area contributed by atoms with Crippen molar-refractivity contribution in [1.29, 1.82) is 0 Å². The lowest BCUT2D eigenvalue weighted by molar-refractivity contribution is -0.141. The predicted octanol–water partition coefficient (Wildman–Crippen LogP) is 4.22. The van der Waals surface area contributed by atoms with Gasteiger partial charge in [0.1, 0.15) is 11.4 Å². The number of rotatable bonds is 5. The summed E-state index contributed by atoms with van der Waals surface area (Å²) in [5.41, 5.74) is -0.550. The van der Waals surface area contributed by atoms with Gasteiger partial charge in [0.05, 0.1) is 5.56 Å². The van der Waals surface area contributed by atoms with Crippen molar-refractivity contribution in [1.82, 2.24) is 19.9 Å². The number of alkyl halides is 3. The van der Waals surface area contributed by atoms with Gasteiger partial charge in [-0.25, -0.2) is 0 Å². The summed E-state index contributed by atoms with van der Waals surface area (Å²) < 4.78 is 38.6. The Hall–Kier alpha value is -3.43. The Balaban J connectivity index is 2.01. The molecule has 0 atom stereocenters. The highest BCUT2D eigenvalue weighted by Crippen LogP contribution is 2.30. The van der Waals surface area contributed by atoms with E-state index in [4.69, 9.17) is 0 Å². The molecule has 0 spiro atoms. The third-order valence-corrected chi connectivity index (χ3v) is 3.50. The van der Waals surface area contributed by atoms with Gasteiger partial charge in [-0.1, -0.05) is 12.1 Å². The van der Waals surface area contributed by atoms with E-state index in [9.17, 15) is 18.3 Å². The largest absolute Gasteiger partial charge is 0.507 e. The number of para-hydroxylation sites is 1. The first-order chi connectivity index (χ1) is 13.2. The van der Waals surface area contributed by atoms with Crippen LogP contribution in [0.15, 0.2) is 42.6 Å². The van der Waals surface area contributed by atoms with Crippen LogP contribution in [0.1, 0.15) is 19.5 Å². The summed E-state index contributed by atoms with van der Waals surface area (Å²) >= 11 is 0. The van der Waals surface area contributed by atoms with E-state index >= 15 is 0 Å². The average Bonchev–Trinajstić information content (AvgIpc) is 2.61. The molecule has 0 aliphatic carbocycles. The molecule has 2 aromatic heterocycles. The van der Waals surface area contributed by atoms with Crippen molar-refractivity contribution in [2.75, 3.05) is 10.6 Å². The number of halogens is 3. The Morgan fingerprint density at radius 2 is 1.71 bits per heavy atom. The number of phenols is 1. The summed E-state index contributed by atoms with van der Waals surface area (Å²) in [6, 6.07) is 8.71. The number of nitrogens with zero attached hydrogens (tertiary/aromatic N) is 4. The third-order valence-electron chi connectivity index (χ3n) is 3.50. The first-order valence-corrected chi connectivity index (χ1v) is 8.33. The Bertz CT molecular complexity index is 978. The molecule has 0 amide bonds. The van der Waals surface area contributed by atoms with Gasteiger partial charge in [-0.05, 0) is 38.1 Å². The fraction of sp³-hybridized carbons (Fsp3) is 0.222. The van der Waals surface area contributed by atoms with E-state index in [0.717, 1.165) is 12.3 Å². The summed E-state index contributed by atoms with van der Waals surface area (Å²) in [4.78, 5) is 16.0. The molecule has 10 heteroatoms. The molecule has 146 valence electrons. The van der Waals surface area contributed by atoms with Crippen LogP contribution in [0.2, 0.25) is 0 Å². The number of aromatic nitrogens is 4. The van der Waals surface area contributed by atoms with Gasteiger partial charge >= 0.3 is 6.18 Å². The minimum Gasteiger partial charge on any atom is -0.507 e. The minimum absolute atomic E-state index is 0.00484. The maximum Gasteiger partial charge on any atom is 0.433 e. The second-order valence-corrected chi connectivity index (χ2v) is 6.17. The minimum atomic E-state index is -4.57. The molecule has 0 unspecified atom stereocenters. The van der Waals surface area contributed by atoms with Gasteiger partial charge in [0, 0.05) is 17.9 Å². The van der Waals surface area contributed by atoms with E-state index in [1.165, 1.54) is 12.1 Å². The summed E-state index contributed by atoms with van der Waals surface area (Å²) in [7, 11) is 0. The molecule has 0 aliphatic rings. The molecule has 3 aromatic rings. The zero-order chi connectivity index (χ0) is 20.3. The van der Waals surface area contributed by atoms with Crippen molar-refractivity contribution in [2.24, 2.45) is 0 Å². The van der Waals surface area contributed by atoms with Crippen LogP contribution in [0.5, 0.6) is 5.75 Å². The number of hydrogen-bond donors (Lipinski definition) is 3. The number of benzene rings is 1. The topological polar surface area (TPSA) is 95.9 Å². The number of hydrogen-bond acceptors (Lipinski definition) is 7. The lowest BCUT2D eigenvalue weighted by Gasteiger charge is -2.13. The molecule has 1 aromatic carbocycles. The molecule has 0 radical (unpaired) electrons. The summed E-state index contributed by atoms with van der Waals surface area (Å²) in [5.74, 6) is 0.383. The van der Waals surface area contributed by atoms with Crippen LogP contribution >= 0.6 is 0 Å². The lowest BCUT2D eigenvalue weighted by atomic mass is 10.2. The molecular weight excluding hydrogens is 373 g/mol. The Kier molecular flexibility index (Phi) is 5.30. The number of anilines is 3. The van der Waals surface area contributed by atoms with Crippen LogP contribution in [0.25, 0.3) is 11.4 Å². The Labute approximate surface area is 158 Å². The van der Waals surface area contributed by atoms with Gasteiger partial charge in [-0.15, -0.1) is 0 Å². The fourth-order valence-corrected chi connectivity index (χ4v) is 2.33. The molecule has 0 fully saturated rings. The second kappa shape index (κ2) is 7.67. The third kappa shape index (κ3) is 4.64. The van der Waals surface area contributed by atoms with Gasteiger partial charge < -0.3 is 15.7 Å². The quantitative estimate of drug-likeness (QED) is 0.600. The lowest BCUT2D eigenvalue weighted by Crippen LogP contribution is -2.14. The van der Waals surface area contributed by atoms with E-state index < -0.39 is 11.9 Å². The molecule has 3 rings (SSSR count). The molecule has 0 saturated heterocycles. The molecule has 7 nitrogen and oxygen atoms in total. The van der Waals surface area contributed by atoms with Crippen molar-refractivity contribution in [2.45, 2.75) is 26.1 Å². The van der Waals surface area contributed by atoms with Crippen LogP contribution in [0.4, 0.5) is 30.8 Å². The molecule has 0 bridgehead atoms.